The van der Waals surface area contributed by atoms with Gasteiger partial charge < -0.3 is 11.1 Å². The van der Waals surface area contributed by atoms with Crippen LogP contribution >= 0.6 is 0 Å². The van der Waals surface area contributed by atoms with Crippen LogP contribution in [-0.4, -0.2) is 0 Å². The van der Waals surface area contributed by atoms with Crippen molar-refractivity contribution in [3.63, 3.8) is 0 Å². The molecule has 0 aliphatic heterocycles. The maximum absolute atomic E-state index is 13.6. The number of nitrogens with one attached hydrogen (secondary N) is 1. The van der Waals surface area contributed by atoms with Gasteiger partial charge in [-0.15, -0.1) is 0 Å². The van der Waals surface area contributed by atoms with E-state index in [-0.39, 0.29) is 5.82 Å². The number of para-hydroxylation sites is 2. The van der Waals surface area contributed by atoms with E-state index in [4.69, 9.17) is 5.73 Å². The average Bonchev–Trinajstić information content (AvgIpc) is 2.25. The molecule has 2 rings (SSSR count). The Morgan fingerprint density at radius 1 is 1.06 bits per heavy atom. The largest absolute Gasteiger partial charge is 0.397 e. The highest BCUT2D eigenvalue weighted by Gasteiger charge is 2.03. The van der Waals surface area contributed by atoms with Crippen molar-refractivity contribution in [3.8, 4) is 0 Å². The van der Waals surface area contributed by atoms with Gasteiger partial charge in [-0.05, 0) is 36.8 Å². The van der Waals surface area contributed by atoms with Crippen LogP contribution in [0.5, 0.6) is 0 Å². The van der Waals surface area contributed by atoms with Crippen LogP contribution in [0.15, 0.2) is 42.5 Å². The molecular formula is C13H13FN2. The zero-order valence-corrected chi connectivity index (χ0v) is 9.00. The second kappa shape index (κ2) is 4.23. The summed E-state index contributed by atoms with van der Waals surface area (Å²) in [6.07, 6.45) is 0. The van der Waals surface area contributed by atoms with Crippen LogP contribution < -0.4 is 11.1 Å². The van der Waals surface area contributed by atoms with Crippen LogP contribution in [0.1, 0.15) is 5.56 Å². The number of hydrogen-bond acceptors (Lipinski definition) is 2. The summed E-state index contributed by atoms with van der Waals surface area (Å²) >= 11 is 0. The average molecular weight is 216 g/mol. The summed E-state index contributed by atoms with van der Waals surface area (Å²) in [6, 6.07) is 12.3. The lowest BCUT2D eigenvalue weighted by Gasteiger charge is -2.10. The molecule has 0 saturated heterocycles. The molecule has 0 amide bonds. The molecule has 0 atom stereocenters. The summed E-state index contributed by atoms with van der Waals surface area (Å²) in [5.74, 6) is -0.275. The van der Waals surface area contributed by atoms with E-state index >= 15 is 0 Å². The molecule has 3 N–H and O–H groups in total. The van der Waals surface area contributed by atoms with Crippen LogP contribution in [0.25, 0.3) is 0 Å². The molecule has 0 fully saturated rings. The maximum atomic E-state index is 13.6. The van der Waals surface area contributed by atoms with E-state index in [1.807, 2.05) is 31.2 Å². The van der Waals surface area contributed by atoms with Crippen molar-refractivity contribution < 1.29 is 4.39 Å². The first-order chi connectivity index (χ1) is 7.66. The molecule has 0 aliphatic carbocycles. The van der Waals surface area contributed by atoms with Crippen LogP contribution in [0.2, 0.25) is 0 Å². The highest BCUT2D eigenvalue weighted by molar-refractivity contribution is 5.72. The van der Waals surface area contributed by atoms with Crippen LogP contribution in [0.4, 0.5) is 21.5 Å². The van der Waals surface area contributed by atoms with E-state index in [2.05, 4.69) is 5.32 Å². The molecule has 0 heterocycles. The van der Waals surface area contributed by atoms with Gasteiger partial charge in [-0.3, -0.25) is 0 Å². The smallest absolute Gasteiger partial charge is 0.146 e. The molecule has 16 heavy (non-hydrogen) atoms. The first kappa shape index (κ1) is 10.5. The predicted molar refractivity (Wildman–Crippen MR) is 65.3 cm³/mol. The van der Waals surface area contributed by atoms with Crippen molar-refractivity contribution in [1.82, 2.24) is 0 Å². The van der Waals surface area contributed by atoms with E-state index in [1.165, 1.54) is 6.07 Å². The number of nitrogen functional groups attached to an aromatic ring is 1. The highest BCUT2D eigenvalue weighted by Crippen LogP contribution is 2.24. The first-order valence-electron chi connectivity index (χ1n) is 5.04. The fraction of sp³-hybridized carbons (Fsp3) is 0.0769. The van der Waals surface area contributed by atoms with Gasteiger partial charge in [-0.1, -0.05) is 18.2 Å². The summed E-state index contributed by atoms with van der Waals surface area (Å²) in [5.41, 5.74) is 8.40. The highest BCUT2D eigenvalue weighted by atomic mass is 19.1. The predicted octanol–water partition coefficient (Wildman–Crippen LogP) is 3.46. The lowest BCUT2D eigenvalue weighted by Crippen LogP contribution is -1.97. The molecule has 0 aromatic heterocycles. The molecule has 82 valence electrons. The number of hydrogen-bond donors (Lipinski definition) is 2. The number of aryl methyl sites for hydroxylation is 1. The van der Waals surface area contributed by atoms with Crippen LogP contribution in [0.3, 0.4) is 0 Å². The number of rotatable bonds is 2. The zero-order chi connectivity index (χ0) is 11.5. The van der Waals surface area contributed by atoms with E-state index < -0.39 is 0 Å². The molecule has 0 saturated carbocycles. The SMILES string of the molecule is Cc1ccc(Nc2ccccc2N)c(F)c1. The number of anilines is 3. The van der Waals surface area contributed by atoms with Gasteiger partial charge in [0.1, 0.15) is 5.82 Å². The van der Waals surface area contributed by atoms with Gasteiger partial charge in [0, 0.05) is 0 Å². The summed E-state index contributed by atoms with van der Waals surface area (Å²) in [7, 11) is 0. The molecule has 0 unspecified atom stereocenters. The molecular weight excluding hydrogens is 203 g/mol. The molecule has 0 bridgehead atoms. The third-order valence-corrected chi connectivity index (χ3v) is 2.35. The van der Waals surface area contributed by atoms with Gasteiger partial charge in [0.2, 0.25) is 0 Å². The van der Waals surface area contributed by atoms with Gasteiger partial charge in [-0.2, -0.15) is 0 Å². The van der Waals surface area contributed by atoms with Crippen molar-refractivity contribution in [1.29, 1.82) is 0 Å². The Bertz CT molecular complexity index is 509. The van der Waals surface area contributed by atoms with E-state index in [1.54, 1.807) is 12.1 Å². The molecule has 2 aromatic rings. The number of nitrogens with two attached hydrogens (primary N) is 1. The minimum Gasteiger partial charge on any atom is -0.397 e. The fourth-order valence-electron chi connectivity index (χ4n) is 1.48. The Morgan fingerprint density at radius 2 is 1.81 bits per heavy atom. The fourth-order valence-corrected chi connectivity index (χ4v) is 1.48. The van der Waals surface area contributed by atoms with Crippen molar-refractivity contribution in [3.05, 3.63) is 53.8 Å². The Morgan fingerprint density at radius 3 is 2.50 bits per heavy atom. The third kappa shape index (κ3) is 2.14. The van der Waals surface area contributed by atoms with Crippen LogP contribution in [-0.2, 0) is 0 Å². The second-order valence-electron chi connectivity index (χ2n) is 3.70. The van der Waals surface area contributed by atoms with Crippen LogP contribution in [0, 0.1) is 12.7 Å². The van der Waals surface area contributed by atoms with Gasteiger partial charge in [0.05, 0.1) is 17.1 Å². The summed E-state index contributed by atoms with van der Waals surface area (Å²) in [6.45, 7) is 1.85. The van der Waals surface area contributed by atoms with E-state index in [9.17, 15) is 4.39 Å². The number of halogens is 1. The Balaban J connectivity index is 2.31. The van der Waals surface area contributed by atoms with Gasteiger partial charge in [-0.25, -0.2) is 4.39 Å². The van der Waals surface area contributed by atoms with E-state index in [0.29, 0.717) is 17.1 Å². The van der Waals surface area contributed by atoms with Crippen molar-refractivity contribution in [2.75, 3.05) is 11.1 Å². The topological polar surface area (TPSA) is 38.0 Å². The van der Waals surface area contributed by atoms with Crippen molar-refractivity contribution in [2.45, 2.75) is 6.92 Å². The molecule has 0 spiro atoms. The maximum Gasteiger partial charge on any atom is 0.146 e. The Kier molecular flexibility index (Phi) is 2.77. The van der Waals surface area contributed by atoms with E-state index in [0.717, 1.165) is 5.56 Å². The van der Waals surface area contributed by atoms with Crippen molar-refractivity contribution >= 4 is 17.1 Å². The molecule has 0 aliphatic rings. The normalized spacial score (nSPS) is 10.1. The second-order valence-corrected chi connectivity index (χ2v) is 3.70. The van der Waals surface area contributed by atoms with Crippen molar-refractivity contribution in [2.24, 2.45) is 0 Å². The molecule has 2 aromatic carbocycles. The number of benzene rings is 2. The van der Waals surface area contributed by atoms with Gasteiger partial charge in [0.25, 0.3) is 0 Å². The quantitative estimate of drug-likeness (QED) is 0.754. The lowest BCUT2D eigenvalue weighted by molar-refractivity contribution is 0.631. The first-order valence-corrected chi connectivity index (χ1v) is 5.04. The third-order valence-electron chi connectivity index (χ3n) is 2.35. The molecule has 2 nitrogen and oxygen atoms in total. The monoisotopic (exact) mass is 216 g/mol. The summed E-state index contributed by atoms with van der Waals surface area (Å²) in [4.78, 5) is 0. The Labute approximate surface area is 93.9 Å². The lowest BCUT2D eigenvalue weighted by atomic mass is 10.2. The summed E-state index contributed by atoms with van der Waals surface area (Å²) in [5, 5.41) is 2.97. The standard InChI is InChI=1S/C13H13FN2/c1-9-6-7-12(10(14)8-9)16-13-5-3-2-4-11(13)15/h2-8,16H,15H2,1H3. The minimum absolute atomic E-state index is 0.275. The molecule has 0 radical (unpaired) electrons. The van der Waals surface area contributed by atoms with Gasteiger partial charge in [0.15, 0.2) is 0 Å². The minimum atomic E-state index is -0.275. The zero-order valence-electron chi connectivity index (χ0n) is 9.00. The summed E-state index contributed by atoms with van der Waals surface area (Å²) < 4.78 is 13.6. The van der Waals surface area contributed by atoms with Gasteiger partial charge >= 0.3 is 0 Å². The Hall–Kier alpha value is -2.03. The molecule has 3 heteroatoms.